The van der Waals surface area contributed by atoms with Crippen molar-refractivity contribution in [2.24, 2.45) is 0 Å². The third kappa shape index (κ3) is 2.99. The number of fused-ring (bicyclic) bond motifs is 2. The number of carbonyl (C=O) groups excluding carboxylic acids is 2. The molecule has 0 radical (unpaired) electrons. The van der Waals surface area contributed by atoms with Crippen molar-refractivity contribution in [2.45, 2.75) is 18.5 Å². The number of carbonyl (C=O) groups is 2. The molecular formula is C17H17N3O5S. The van der Waals surface area contributed by atoms with Crippen molar-refractivity contribution < 1.29 is 22.4 Å². The topological polar surface area (TPSA) is 109 Å². The second-order valence-electron chi connectivity index (χ2n) is 6.52. The van der Waals surface area contributed by atoms with E-state index in [1.54, 1.807) is 36.6 Å². The van der Waals surface area contributed by atoms with Crippen molar-refractivity contribution in [1.82, 2.24) is 9.62 Å². The molecule has 0 unspecified atom stereocenters. The highest BCUT2D eigenvalue weighted by Crippen LogP contribution is 2.32. The van der Waals surface area contributed by atoms with Gasteiger partial charge in [-0.3, -0.25) is 9.59 Å². The Morgan fingerprint density at radius 2 is 2.08 bits per heavy atom. The van der Waals surface area contributed by atoms with Gasteiger partial charge in [-0.2, -0.15) is 0 Å². The fourth-order valence-corrected chi connectivity index (χ4v) is 4.27. The van der Waals surface area contributed by atoms with E-state index in [0.717, 1.165) is 11.8 Å². The summed E-state index contributed by atoms with van der Waals surface area (Å²) in [6.07, 6.45) is 2.84. The number of hydrogen-bond donors (Lipinski definition) is 2. The number of amides is 2. The van der Waals surface area contributed by atoms with Crippen LogP contribution in [0.25, 0.3) is 11.3 Å². The zero-order chi connectivity index (χ0) is 18.5. The molecule has 2 amide bonds. The molecule has 1 aromatic heterocycles. The van der Waals surface area contributed by atoms with Gasteiger partial charge in [-0.05, 0) is 36.8 Å². The lowest BCUT2D eigenvalue weighted by molar-refractivity contribution is -0.119. The van der Waals surface area contributed by atoms with E-state index in [1.165, 1.54) is 4.90 Å². The third-order valence-corrected chi connectivity index (χ3v) is 5.32. The SMILES string of the molecule is CS(=O)(=O)N[C@H]1C[C@H]2C(=O)Nc3ccc(-c4ccco4)cc3C(=O)N2C1. The molecule has 4 rings (SSSR count). The molecule has 9 heteroatoms. The van der Waals surface area contributed by atoms with Crippen molar-refractivity contribution in [3.8, 4) is 11.3 Å². The van der Waals surface area contributed by atoms with E-state index in [2.05, 4.69) is 10.0 Å². The van der Waals surface area contributed by atoms with Gasteiger partial charge in [0.05, 0.1) is 23.8 Å². The molecule has 26 heavy (non-hydrogen) atoms. The van der Waals surface area contributed by atoms with Gasteiger partial charge < -0.3 is 14.6 Å². The number of sulfonamides is 1. The minimum absolute atomic E-state index is 0.147. The maximum Gasteiger partial charge on any atom is 0.256 e. The van der Waals surface area contributed by atoms with Crippen molar-refractivity contribution in [1.29, 1.82) is 0 Å². The first kappa shape index (κ1) is 16.8. The quantitative estimate of drug-likeness (QED) is 0.833. The zero-order valence-corrected chi connectivity index (χ0v) is 14.7. The minimum Gasteiger partial charge on any atom is -0.464 e. The zero-order valence-electron chi connectivity index (χ0n) is 13.9. The first-order valence-electron chi connectivity index (χ1n) is 8.09. The van der Waals surface area contributed by atoms with Crippen molar-refractivity contribution in [3.63, 3.8) is 0 Å². The molecule has 8 nitrogen and oxygen atoms in total. The number of rotatable bonds is 3. The second-order valence-corrected chi connectivity index (χ2v) is 8.30. The van der Waals surface area contributed by atoms with Crippen LogP contribution in [0.2, 0.25) is 0 Å². The Morgan fingerprint density at radius 3 is 2.77 bits per heavy atom. The molecule has 2 atom stereocenters. The molecule has 2 aliphatic rings. The molecule has 1 saturated heterocycles. The van der Waals surface area contributed by atoms with Gasteiger partial charge in [-0.1, -0.05) is 0 Å². The molecule has 3 heterocycles. The molecule has 2 aromatic rings. The average molecular weight is 375 g/mol. The highest BCUT2D eigenvalue weighted by atomic mass is 32.2. The predicted molar refractivity (Wildman–Crippen MR) is 94.0 cm³/mol. The molecule has 2 aliphatic heterocycles. The van der Waals surface area contributed by atoms with Gasteiger partial charge in [0.25, 0.3) is 5.91 Å². The summed E-state index contributed by atoms with van der Waals surface area (Å²) < 4.78 is 30.8. The van der Waals surface area contributed by atoms with Crippen LogP contribution in [0.3, 0.4) is 0 Å². The Labute approximate surface area is 150 Å². The molecule has 1 fully saturated rings. The molecule has 1 aromatic carbocycles. The summed E-state index contributed by atoms with van der Waals surface area (Å²) in [6, 6.07) is 7.47. The second kappa shape index (κ2) is 5.96. The van der Waals surface area contributed by atoms with Crippen LogP contribution in [0.5, 0.6) is 0 Å². The summed E-state index contributed by atoms with van der Waals surface area (Å²) in [5, 5.41) is 2.77. The lowest BCUT2D eigenvalue weighted by atomic mass is 10.1. The van der Waals surface area contributed by atoms with E-state index in [1.807, 2.05) is 0 Å². The number of nitrogens with one attached hydrogen (secondary N) is 2. The highest BCUT2D eigenvalue weighted by molar-refractivity contribution is 7.88. The molecule has 0 saturated carbocycles. The largest absolute Gasteiger partial charge is 0.464 e. The monoisotopic (exact) mass is 375 g/mol. The summed E-state index contributed by atoms with van der Waals surface area (Å²) in [6.45, 7) is 0.147. The lowest BCUT2D eigenvalue weighted by Crippen LogP contribution is -2.41. The Balaban J connectivity index is 1.69. The number of anilines is 1. The van der Waals surface area contributed by atoms with Gasteiger partial charge in [0.2, 0.25) is 15.9 Å². The molecular weight excluding hydrogens is 358 g/mol. The van der Waals surface area contributed by atoms with Crippen LogP contribution in [0.4, 0.5) is 5.69 Å². The normalized spacial score (nSPS) is 22.6. The van der Waals surface area contributed by atoms with E-state index in [4.69, 9.17) is 4.42 Å². The predicted octanol–water partition coefficient (Wildman–Crippen LogP) is 1.03. The average Bonchev–Trinajstić information content (AvgIpc) is 3.21. The Hall–Kier alpha value is -2.65. The summed E-state index contributed by atoms with van der Waals surface area (Å²) in [7, 11) is -3.42. The standard InChI is InChI=1S/C17H17N3O5S/c1-26(23,24)19-11-8-14-16(21)18-13-5-4-10(15-3-2-6-25-15)7-12(13)17(22)20(14)9-11/h2-7,11,14,19H,8-9H2,1H3,(H,18,21)/t11-,14-/m0/s1. The highest BCUT2D eigenvalue weighted by Gasteiger charge is 2.43. The van der Waals surface area contributed by atoms with Gasteiger partial charge in [-0.15, -0.1) is 0 Å². The number of hydrogen-bond acceptors (Lipinski definition) is 5. The Morgan fingerprint density at radius 1 is 1.27 bits per heavy atom. The first-order valence-corrected chi connectivity index (χ1v) is 9.98. The van der Waals surface area contributed by atoms with Crippen molar-refractivity contribution >= 4 is 27.5 Å². The maximum atomic E-state index is 13.0. The van der Waals surface area contributed by atoms with E-state index in [-0.39, 0.29) is 24.8 Å². The number of benzene rings is 1. The third-order valence-electron chi connectivity index (χ3n) is 4.56. The van der Waals surface area contributed by atoms with Gasteiger partial charge >= 0.3 is 0 Å². The van der Waals surface area contributed by atoms with E-state index >= 15 is 0 Å². The summed E-state index contributed by atoms with van der Waals surface area (Å²) in [4.78, 5) is 27.0. The fourth-order valence-electron chi connectivity index (χ4n) is 3.49. The van der Waals surface area contributed by atoms with Crippen molar-refractivity contribution in [2.75, 3.05) is 18.1 Å². The number of furan rings is 1. The van der Waals surface area contributed by atoms with Gasteiger partial charge in [0.1, 0.15) is 11.8 Å². The van der Waals surface area contributed by atoms with Crippen LogP contribution in [0.15, 0.2) is 41.0 Å². The van der Waals surface area contributed by atoms with Crippen LogP contribution >= 0.6 is 0 Å². The van der Waals surface area contributed by atoms with E-state index in [9.17, 15) is 18.0 Å². The minimum atomic E-state index is -3.42. The van der Waals surface area contributed by atoms with Crippen LogP contribution in [-0.2, 0) is 14.8 Å². The fraction of sp³-hybridized carbons (Fsp3) is 0.294. The smallest absolute Gasteiger partial charge is 0.256 e. The van der Waals surface area contributed by atoms with Crippen molar-refractivity contribution in [3.05, 3.63) is 42.2 Å². The molecule has 0 bridgehead atoms. The number of nitrogens with zero attached hydrogens (tertiary/aromatic N) is 1. The maximum absolute atomic E-state index is 13.0. The van der Waals surface area contributed by atoms with Crippen LogP contribution in [0.1, 0.15) is 16.8 Å². The van der Waals surface area contributed by atoms with Gasteiger partial charge in [0, 0.05) is 18.2 Å². The van der Waals surface area contributed by atoms with E-state index < -0.39 is 22.1 Å². The molecule has 136 valence electrons. The van der Waals surface area contributed by atoms with E-state index in [0.29, 0.717) is 17.0 Å². The Kier molecular flexibility index (Phi) is 3.85. The first-order chi connectivity index (χ1) is 12.3. The summed E-state index contributed by atoms with van der Waals surface area (Å²) >= 11 is 0. The van der Waals surface area contributed by atoms with Gasteiger partial charge in [0.15, 0.2) is 0 Å². The van der Waals surface area contributed by atoms with Crippen LogP contribution in [-0.4, -0.2) is 50.0 Å². The summed E-state index contributed by atoms with van der Waals surface area (Å²) in [5.74, 6) is -0.0130. The van der Waals surface area contributed by atoms with Gasteiger partial charge in [-0.25, -0.2) is 13.1 Å². The molecule has 0 aliphatic carbocycles. The molecule has 2 N–H and O–H groups in total. The Bertz CT molecular complexity index is 984. The lowest BCUT2D eigenvalue weighted by Gasteiger charge is -2.20. The van der Waals surface area contributed by atoms with Crippen LogP contribution in [0, 0.1) is 0 Å². The summed E-state index contributed by atoms with van der Waals surface area (Å²) in [5.41, 5.74) is 1.52. The van der Waals surface area contributed by atoms with Crippen LogP contribution < -0.4 is 10.0 Å². The molecule has 0 spiro atoms.